The molecule has 192 valence electrons. The summed E-state index contributed by atoms with van der Waals surface area (Å²) in [6, 6.07) is 14.4. The van der Waals surface area contributed by atoms with Gasteiger partial charge in [-0.2, -0.15) is 5.10 Å². The number of aromatic nitrogens is 2. The van der Waals surface area contributed by atoms with Gasteiger partial charge in [0.2, 0.25) is 5.91 Å². The Bertz CT molecular complexity index is 1320. The van der Waals surface area contributed by atoms with Crippen molar-refractivity contribution in [1.29, 1.82) is 0 Å². The lowest BCUT2D eigenvalue weighted by Crippen LogP contribution is -2.39. The van der Waals surface area contributed by atoms with Crippen molar-refractivity contribution in [3.8, 4) is 11.4 Å². The van der Waals surface area contributed by atoms with Gasteiger partial charge in [0.05, 0.1) is 19.4 Å². The van der Waals surface area contributed by atoms with E-state index in [-0.39, 0.29) is 36.4 Å². The smallest absolute Gasteiger partial charge is 0.359 e. The molecule has 0 aliphatic carbocycles. The Balaban J connectivity index is 1.49. The predicted octanol–water partition coefficient (Wildman–Crippen LogP) is 2.75. The SMILES string of the molecule is COc1ccc(-n2nc(C(=O)OCCO)c3c2C(=O)N(c2ccc(N4CCCCC4=O)cc2)CC3)cc1. The minimum absolute atomic E-state index is 0.0613. The van der Waals surface area contributed by atoms with Gasteiger partial charge in [-0.1, -0.05) is 0 Å². The van der Waals surface area contributed by atoms with Crippen molar-refractivity contribution in [2.45, 2.75) is 25.7 Å². The van der Waals surface area contributed by atoms with Gasteiger partial charge < -0.3 is 24.4 Å². The number of hydrogen-bond acceptors (Lipinski definition) is 7. The van der Waals surface area contributed by atoms with Crippen molar-refractivity contribution in [1.82, 2.24) is 9.78 Å². The third-order valence-electron chi connectivity index (χ3n) is 6.65. The summed E-state index contributed by atoms with van der Waals surface area (Å²) in [7, 11) is 1.56. The van der Waals surface area contributed by atoms with Gasteiger partial charge >= 0.3 is 5.97 Å². The van der Waals surface area contributed by atoms with Crippen LogP contribution in [0.1, 0.15) is 45.8 Å². The van der Waals surface area contributed by atoms with E-state index < -0.39 is 5.97 Å². The second-order valence-corrected chi connectivity index (χ2v) is 8.87. The van der Waals surface area contributed by atoms with Crippen LogP contribution < -0.4 is 14.5 Å². The largest absolute Gasteiger partial charge is 0.497 e. The van der Waals surface area contributed by atoms with Crippen LogP contribution in [-0.4, -0.2) is 66.1 Å². The van der Waals surface area contributed by atoms with Crippen LogP contribution in [0, 0.1) is 0 Å². The molecule has 2 aliphatic heterocycles. The maximum Gasteiger partial charge on any atom is 0.359 e. The molecular formula is C27H28N4O6. The van der Waals surface area contributed by atoms with Crippen molar-refractivity contribution in [3.63, 3.8) is 0 Å². The molecule has 1 fully saturated rings. The molecule has 2 aliphatic rings. The van der Waals surface area contributed by atoms with Crippen LogP contribution in [0.25, 0.3) is 5.69 Å². The lowest BCUT2D eigenvalue weighted by Gasteiger charge is -2.29. The summed E-state index contributed by atoms with van der Waals surface area (Å²) in [6.07, 6.45) is 2.83. The molecule has 1 aromatic heterocycles. The summed E-state index contributed by atoms with van der Waals surface area (Å²) < 4.78 is 11.8. The van der Waals surface area contributed by atoms with Crippen molar-refractivity contribution in [2.75, 3.05) is 43.2 Å². The monoisotopic (exact) mass is 504 g/mol. The average molecular weight is 505 g/mol. The number of carbonyl (C=O) groups excluding carboxylic acids is 3. The van der Waals surface area contributed by atoms with Crippen LogP contribution in [0.4, 0.5) is 11.4 Å². The highest BCUT2D eigenvalue weighted by atomic mass is 16.5. The van der Waals surface area contributed by atoms with Crippen LogP contribution in [0.15, 0.2) is 48.5 Å². The molecular weight excluding hydrogens is 476 g/mol. The number of esters is 1. The molecule has 10 heteroatoms. The van der Waals surface area contributed by atoms with E-state index in [1.165, 1.54) is 4.68 Å². The molecule has 0 bridgehead atoms. The molecule has 1 N–H and O–H groups in total. The Morgan fingerprint density at radius 2 is 1.59 bits per heavy atom. The first-order valence-electron chi connectivity index (χ1n) is 12.3. The van der Waals surface area contributed by atoms with Crippen molar-refractivity contribution in [3.05, 3.63) is 65.5 Å². The van der Waals surface area contributed by atoms with Crippen LogP contribution in [0.3, 0.4) is 0 Å². The van der Waals surface area contributed by atoms with Gasteiger partial charge in [-0.3, -0.25) is 9.59 Å². The number of amides is 2. The highest BCUT2D eigenvalue weighted by molar-refractivity contribution is 6.09. The minimum Gasteiger partial charge on any atom is -0.497 e. The molecule has 0 saturated carbocycles. The fourth-order valence-electron chi connectivity index (χ4n) is 4.78. The van der Waals surface area contributed by atoms with E-state index >= 15 is 0 Å². The molecule has 3 aromatic rings. The number of hydrogen-bond donors (Lipinski definition) is 1. The number of methoxy groups -OCH3 is 1. The Morgan fingerprint density at radius 1 is 0.919 bits per heavy atom. The summed E-state index contributed by atoms with van der Waals surface area (Å²) >= 11 is 0. The van der Waals surface area contributed by atoms with Gasteiger partial charge in [0.15, 0.2) is 5.69 Å². The summed E-state index contributed by atoms with van der Waals surface area (Å²) in [5.74, 6) is -0.226. The lowest BCUT2D eigenvalue weighted by molar-refractivity contribution is -0.119. The van der Waals surface area contributed by atoms with E-state index in [0.717, 1.165) is 18.5 Å². The maximum atomic E-state index is 13.8. The minimum atomic E-state index is -0.686. The zero-order valence-electron chi connectivity index (χ0n) is 20.6. The quantitative estimate of drug-likeness (QED) is 0.492. The zero-order valence-corrected chi connectivity index (χ0v) is 20.6. The lowest BCUT2D eigenvalue weighted by atomic mass is 10.0. The van der Waals surface area contributed by atoms with Crippen molar-refractivity contribution in [2.24, 2.45) is 0 Å². The van der Waals surface area contributed by atoms with Crippen molar-refractivity contribution >= 4 is 29.2 Å². The molecule has 0 atom stereocenters. The van der Waals surface area contributed by atoms with Crippen molar-refractivity contribution < 1.29 is 29.0 Å². The first-order valence-corrected chi connectivity index (χ1v) is 12.3. The molecule has 1 saturated heterocycles. The highest BCUT2D eigenvalue weighted by Crippen LogP contribution is 2.31. The third kappa shape index (κ3) is 4.67. The van der Waals surface area contributed by atoms with E-state index in [4.69, 9.17) is 14.6 Å². The molecule has 10 nitrogen and oxygen atoms in total. The van der Waals surface area contributed by atoms with Crippen LogP contribution >= 0.6 is 0 Å². The number of ether oxygens (including phenoxy) is 2. The van der Waals surface area contributed by atoms with Crippen LogP contribution in [0.5, 0.6) is 5.75 Å². The number of carbonyl (C=O) groups is 3. The molecule has 5 rings (SSSR count). The van der Waals surface area contributed by atoms with E-state index in [1.807, 2.05) is 24.3 Å². The fraction of sp³-hybridized carbons (Fsp3) is 0.333. The van der Waals surface area contributed by atoms with Gasteiger partial charge in [-0.15, -0.1) is 0 Å². The molecule has 0 unspecified atom stereocenters. The number of fused-ring (bicyclic) bond motifs is 1. The zero-order chi connectivity index (χ0) is 25.9. The van der Waals surface area contributed by atoms with E-state index in [1.54, 1.807) is 41.2 Å². The number of anilines is 2. The van der Waals surface area contributed by atoms with Gasteiger partial charge in [-0.25, -0.2) is 9.48 Å². The molecule has 0 spiro atoms. The molecule has 2 amide bonds. The second-order valence-electron chi connectivity index (χ2n) is 8.87. The number of piperidine rings is 1. The Labute approximate surface area is 214 Å². The summed E-state index contributed by atoms with van der Waals surface area (Å²) in [4.78, 5) is 42.2. The molecule has 3 heterocycles. The Hall–Kier alpha value is -4.18. The maximum absolute atomic E-state index is 13.8. The number of aliphatic hydroxyl groups excluding tert-OH is 1. The molecule has 37 heavy (non-hydrogen) atoms. The fourth-order valence-corrected chi connectivity index (χ4v) is 4.78. The first-order chi connectivity index (χ1) is 18.0. The topological polar surface area (TPSA) is 114 Å². The number of benzene rings is 2. The van der Waals surface area contributed by atoms with Gasteiger partial charge in [-0.05, 0) is 67.8 Å². The second kappa shape index (κ2) is 10.4. The van der Waals surface area contributed by atoms with E-state index in [9.17, 15) is 14.4 Å². The number of nitrogens with zero attached hydrogens (tertiary/aromatic N) is 4. The van der Waals surface area contributed by atoms with Gasteiger partial charge in [0.25, 0.3) is 5.91 Å². The highest BCUT2D eigenvalue weighted by Gasteiger charge is 2.35. The Kier molecular flexibility index (Phi) is 6.91. The van der Waals surface area contributed by atoms with E-state index in [2.05, 4.69) is 5.10 Å². The van der Waals surface area contributed by atoms with Gasteiger partial charge in [0, 0.05) is 36.4 Å². The van der Waals surface area contributed by atoms with Crippen LogP contribution in [0.2, 0.25) is 0 Å². The van der Waals surface area contributed by atoms with Crippen LogP contribution in [-0.2, 0) is 16.0 Å². The summed E-state index contributed by atoms with van der Waals surface area (Å²) in [6.45, 7) is 0.580. The van der Waals surface area contributed by atoms with E-state index in [0.29, 0.717) is 48.6 Å². The Morgan fingerprint density at radius 3 is 2.24 bits per heavy atom. The molecule has 2 aromatic carbocycles. The van der Waals surface area contributed by atoms with Gasteiger partial charge in [0.1, 0.15) is 18.1 Å². The normalized spacial score (nSPS) is 15.5. The third-order valence-corrected chi connectivity index (χ3v) is 6.65. The average Bonchev–Trinajstić information content (AvgIpc) is 3.33. The predicted molar refractivity (Wildman–Crippen MR) is 136 cm³/mol. The standard InChI is InChI=1S/C27H28N4O6/c1-36-21-11-9-20(10-12-21)31-25-22(24(28-31)27(35)37-17-16-32)13-15-30(26(25)34)19-7-5-18(6-8-19)29-14-3-2-4-23(29)33/h5-12,32H,2-4,13-17H2,1H3. The summed E-state index contributed by atoms with van der Waals surface area (Å²) in [5, 5.41) is 13.5. The number of aliphatic hydroxyl groups is 1. The molecule has 0 radical (unpaired) electrons. The number of rotatable bonds is 7. The first kappa shape index (κ1) is 24.5. The summed E-state index contributed by atoms with van der Waals surface area (Å²) in [5.41, 5.74) is 2.95.